The standard InChI is InChI=1S/C10H11N3/c1-7(13-11)10-6-8-4-2-3-5-9(8)12-10/h2-7,11-12H,1H3. The highest BCUT2D eigenvalue weighted by Gasteiger charge is 2.05. The summed E-state index contributed by atoms with van der Waals surface area (Å²) < 4.78 is 0. The first-order valence-corrected chi connectivity index (χ1v) is 4.25. The summed E-state index contributed by atoms with van der Waals surface area (Å²) >= 11 is 0. The molecule has 2 aromatic rings. The first-order chi connectivity index (χ1) is 6.31. The van der Waals surface area contributed by atoms with Crippen LogP contribution >= 0.6 is 0 Å². The summed E-state index contributed by atoms with van der Waals surface area (Å²) in [5.41, 5.74) is 9.03. The zero-order valence-corrected chi connectivity index (χ0v) is 7.41. The SMILES string of the molecule is CC(N=N)c1cc2ccccc2[nH]1. The smallest absolute Gasteiger partial charge is 0.107 e. The number of benzene rings is 1. The highest BCUT2D eigenvalue weighted by molar-refractivity contribution is 5.80. The van der Waals surface area contributed by atoms with Gasteiger partial charge in [-0.15, -0.1) is 0 Å². The molecule has 0 radical (unpaired) electrons. The van der Waals surface area contributed by atoms with Gasteiger partial charge in [-0.2, -0.15) is 5.11 Å². The molecule has 3 nitrogen and oxygen atoms in total. The molecular formula is C10H11N3. The Morgan fingerprint density at radius 1 is 1.38 bits per heavy atom. The second-order valence-electron chi connectivity index (χ2n) is 3.12. The Hall–Kier alpha value is -1.64. The number of aromatic nitrogens is 1. The van der Waals surface area contributed by atoms with E-state index in [2.05, 4.69) is 10.1 Å². The predicted molar refractivity (Wildman–Crippen MR) is 51.9 cm³/mol. The number of hydrogen-bond donors (Lipinski definition) is 2. The van der Waals surface area contributed by atoms with E-state index in [0.717, 1.165) is 11.2 Å². The van der Waals surface area contributed by atoms with Gasteiger partial charge < -0.3 is 4.98 Å². The molecule has 2 N–H and O–H groups in total. The van der Waals surface area contributed by atoms with Crippen molar-refractivity contribution < 1.29 is 0 Å². The van der Waals surface area contributed by atoms with E-state index in [-0.39, 0.29) is 6.04 Å². The molecule has 0 aliphatic heterocycles. The van der Waals surface area contributed by atoms with E-state index in [4.69, 9.17) is 5.53 Å². The number of hydrogen-bond acceptors (Lipinski definition) is 2. The van der Waals surface area contributed by atoms with Crippen LogP contribution in [0.3, 0.4) is 0 Å². The van der Waals surface area contributed by atoms with Crippen molar-refractivity contribution in [3.63, 3.8) is 0 Å². The molecule has 0 amide bonds. The average molecular weight is 173 g/mol. The lowest BCUT2D eigenvalue weighted by molar-refractivity contribution is 0.716. The third-order valence-electron chi connectivity index (χ3n) is 2.19. The molecule has 0 bridgehead atoms. The van der Waals surface area contributed by atoms with Crippen LogP contribution in [0.1, 0.15) is 18.7 Å². The first-order valence-electron chi connectivity index (χ1n) is 4.25. The number of aromatic amines is 1. The Bertz CT molecular complexity index is 397. The van der Waals surface area contributed by atoms with Crippen molar-refractivity contribution >= 4 is 10.9 Å². The molecule has 1 aromatic heterocycles. The summed E-state index contributed by atoms with van der Waals surface area (Å²) in [4.78, 5) is 3.23. The van der Waals surface area contributed by atoms with Gasteiger partial charge in [0.05, 0.1) is 0 Å². The van der Waals surface area contributed by atoms with Crippen molar-refractivity contribution in [2.75, 3.05) is 0 Å². The third kappa shape index (κ3) is 1.33. The Kier molecular flexibility index (Phi) is 1.85. The van der Waals surface area contributed by atoms with Crippen LogP contribution in [0.4, 0.5) is 0 Å². The van der Waals surface area contributed by atoms with Crippen molar-refractivity contribution in [1.29, 1.82) is 5.53 Å². The molecule has 1 aromatic carbocycles. The Balaban J connectivity index is 2.55. The zero-order valence-electron chi connectivity index (χ0n) is 7.41. The molecular weight excluding hydrogens is 162 g/mol. The van der Waals surface area contributed by atoms with Crippen LogP contribution in [-0.4, -0.2) is 4.98 Å². The van der Waals surface area contributed by atoms with Crippen LogP contribution < -0.4 is 0 Å². The minimum Gasteiger partial charge on any atom is -0.357 e. The Labute approximate surface area is 76.3 Å². The van der Waals surface area contributed by atoms with Crippen molar-refractivity contribution in [2.45, 2.75) is 13.0 Å². The van der Waals surface area contributed by atoms with Gasteiger partial charge in [0.15, 0.2) is 0 Å². The molecule has 0 aliphatic carbocycles. The molecule has 0 aliphatic rings. The van der Waals surface area contributed by atoms with E-state index in [1.807, 2.05) is 37.3 Å². The van der Waals surface area contributed by atoms with Gasteiger partial charge in [0.25, 0.3) is 0 Å². The van der Waals surface area contributed by atoms with Gasteiger partial charge in [-0.25, -0.2) is 5.53 Å². The lowest BCUT2D eigenvalue weighted by Crippen LogP contribution is -1.86. The fourth-order valence-corrected chi connectivity index (χ4v) is 1.39. The summed E-state index contributed by atoms with van der Waals surface area (Å²) in [6.45, 7) is 1.90. The number of nitrogens with zero attached hydrogens (tertiary/aromatic N) is 1. The van der Waals surface area contributed by atoms with Gasteiger partial charge in [-0.1, -0.05) is 18.2 Å². The maximum atomic E-state index is 6.92. The summed E-state index contributed by atoms with van der Waals surface area (Å²) in [5.74, 6) is 0. The maximum absolute atomic E-state index is 6.92. The molecule has 3 heteroatoms. The number of para-hydroxylation sites is 1. The lowest BCUT2D eigenvalue weighted by Gasteiger charge is -1.97. The van der Waals surface area contributed by atoms with E-state index in [1.54, 1.807) is 0 Å². The van der Waals surface area contributed by atoms with Crippen LogP contribution in [0.25, 0.3) is 10.9 Å². The molecule has 0 saturated heterocycles. The summed E-state index contributed by atoms with van der Waals surface area (Å²) in [6, 6.07) is 10.0. The lowest BCUT2D eigenvalue weighted by atomic mass is 10.2. The molecule has 1 heterocycles. The first kappa shape index (κ1) is 7.98. The van der Waals surface area contributed by atoms with Gasteiger partial charge in [0.1, 0.15) is 6.04 Å². The molecule has 0 spiro atoms. The molecule has 1 atom stereocenters. The van der Waals surface area contributed by atoms with E-state index in [1.165, 1.54) is 5.39 Å². The van der Waals surface area contributed by atoms with Crippen LogP contribution in [0, 0.1) is 5.53 Å². The van der Waals surface area contributed by atoms with E-state index >= 15 is 0 Å². The highest BCUT2D eigenvalue weighted by Crippen LogP contribution is 2.21. The summed E-state index contributed by atoms with van der Waals surface area (Å²) in [6.07, 6.45) is 0. The quantitative estimate of drug-likeness (QED) is 0.655. The Morgan fingerprint density at radius 2 is 2.15 bits per heavy atom. The predicted octanol–water partition coefficient (Wildman–Crippen LogP) is 3.26. The van der Waals surface area contributed by atoms with E-state index < -0.39 is 0 Å². The van der Waals surface area contributed by atoms with Crippen LogP contribution in [-0.2, 0) is 0 Å². The van der Waals surface area contributed by atoms with Gasteiger partial charge in [-0.05, 0) is 24.4 Å². The van der Waals surface area contributed by atoms with Crippen LogP contribution in [0.2, 0.25) is 0 Å². The normalized spacial score (nSPS) is 13.0. The Morgan fingerprint density at radius 3 is 2.85 bits per heavy atom. The monoisotopic (exact) mass is 173 g/mol. The largest absolute Gasteiger partial charge is 0.357 e. The minimum atomic E-state index is -0.0765. The van der Waals surface area contributed by atoms with Crippen molar-refractivity contribution in [3.05, 3.63) is 36.0 Å². The maximum Gasteiger partial charge on any atom is 0.107 e. The number of H-pyrrole nitrogens is 1. The second kappa shape index (κ2) is 3.01. The molecule has 0 fully saturated rings. The summed E-state index contributed by atoms with van der Waals surface area (Å²) in [7, 11) is 0. The molecule has 1 unspecified atom stereocenters. The average Bonchev–Trinajstić information content (AvgIpc) is 2.59. The summed E-state index contributed by atoms with van der Waals surface area (Å²) in [5, 5.41) is 4.65. The number of nitrogens with one attached hydrogen (secondary N) is 2. The third-order valence-corrected chi connectivity index (χ3v) is 2.19. The van der Waals surface area contributed by atoms with Crippen LogP contribution in [0.15, 0.2) is 35.4 Å². The fourth-order valence-electron chi connectivity index (χ4n) is 1.39. The fraction of sp³-hybridized carbons (Fsp3) is 0.200. The molecule has 13 heavy (non-hydrogen) atoms. The van der Waals surface area contributed by atoms with Gasteiger partial charge in [0, 0.05) is 11.2 Å². The van der Waals surface area contributed by atoms with Gasteiger partial charge in [-0.3, -0.25) is 0 Å². The van der Waals surface area contributed by atoms with E-state index in [0.29, 0.717) is 0 Å². The topological polar surface area (TPSA) is 52.0 Å². The minimum absolute atomic E-state index is 0.0765. The second-order valence-corrected chi connectivity index (χ2v) is 3.12. The number of fused-ring (bicyclic) bond motifs is 1. The highest BCUT2D eigenvalue weighted by atomic mass is 15.0. The van der Waals surface area contributed by atoms with Crippen molar-refractivity contribution in [1.82, 2.24) is 4.98 Å². The number of rotatable bonds is 2. The van der Waals surface area contributed by atoms with Crippen LogP contribution in [0.5, 0.6) is 0 Å². The van der Waals surface area contributed by atoms with Crippen molar-refractivity contribution in [2.24, 2.45) is 5.11 Å². The molecule has 0 saturated carbocycles. The van der Waals surface area contributed by atoms with Gasteiger partial charge >= 0.3 is 0 Å². The molecule has 2 rings (SSSR count). The van der Waals surface area contributed by atoms with E-state index in [9.17, 15) is 0 Å². The molecule has 66 valence electrons. The zero-order chi connectivity index (χ0) is 9.26. The van der Waals surface area contributed by atoms with Gasteiger partial charge in [0.2, 0.25) is 0 Å². The van der Waals surface area contributed by atoms with Crippen molar-refractivity contribution in [3.8, 4) is 0 Å².